The maximum absolute atomic E-state index is 4.88. The summed E-state index contributed by atoms with van der Waals surface area (Å²) in [6.07, 6.45) is 3.87. The molecule has 126 valence electrons. The van der Waals surface area contributed by atoms with Crippen molar-refractivity contribution in [3.05, 3.63) is 65.4 Å². The third kappa shape index (κ3) is 4.79. The Morgan fingerprint density at radius 1 is 1.29 bits per heavy atom. The molecule has 0 aliphatic carbocycles. The first-order chi connectivity index (χ1) is 11.3. The standard InChI is InChI=1S/C21H27N2P/c1-6-16(14-24)18-12-20(23-19(18)13-21(3,4)5)22-15(2)17-10-8-7-9-11-17/h6-11,14,24H,2,12-13H2,1,3-5H3,(H,22,23)/b16-6-. The molecule has 1 aromatic carbocycles. The highest BCUT2D eigenvalue weighted by Crippen LogP contribution is 2.34. The van der Waals surface area contributed by atoms with E-state index in [0.29, 0.717) is 0 Å². The summed E-state index contributed by atoms with van der Waals surface area (Å²) in [4.78, 5) is 4.88. The quantitative estimate of drug-likeness (QED) is 0.691. The number of hydrogen-bond donors (Lipinski definition) is 1. The Morgan fingerprint density at radius 3 is 2.50 bits per heavy atom. The minimum atomic E-state index is 0.195. The molecule has 0 unspecified atom stereocenters. The molecule has 1 aliphatic rings. The van der Waals surface area contributed by atoms with Gasteiger partial charge in [0, 0.05) is 17.8 Å². The van der Waals surface area contributed by atoms with E-state index in [4.69, 9.17) is 4.99 Å². The topological polar surface area (TPSA) is 24.4 Å². The number of allylic oxidation sites excluding steroid dienone is 3. The molecule has 0 spiro atoms. The van der Waals surface area contributed by atoms with Gasteiger partial charge >= 0.3 is 0 Å². The molecular formula is C21H27N2P. The van der Waals surface area contributed by atoms with Gasteiger partial charge in [-0.1, -0.05) is 63.8 Å². The zero-order chi connectivity index (χ0) is 17.7. The van der Waals surface area contributed by atoms with Crippen molar-refractivity contribution in [3.63, 3.8) is 0 Å². The van der Waals surface area contributed by atoms with Gasteiger partial charge in [-0.25, -0.2) is 4.99 Å². The van der Waals surface area contributed by atoms with Crippen LogP contribution < -0.4 is 5.32 Å². The Balaban J connectivity index is 2.22. The number of rotatable bonds is 5. The van der Waals surface area contributed by atoms with Crippen molar-refractivity contribution in [3.8, 4) is 0 Å². The van der Waals surface area contributed by atoms with Crippen molar-refractivity contribution in [2.75, 3.05) is 0 Å². The van der Waals surface area contributed by atoms with Crippen molar-refractivity contribution in [2.24, 2.45) is 10.4 Å². The summed E-state index contributed by atoms with van der Waals surface area (Å²) in [5.74, 6) is 2.94. The molecule has 1 aliphatic heterocycles. The molecule has 3 heteroatoms. The summed E-state index contributed by atoms with van der Waals surface area (Å²) in [6.45, 7) is 12.9. The fourth-order valence-electron chi connectivity index (χ4n) is 2.76. The van der Waals surface area contributed by atoms with Gasteiger partial charge in [0.15, 0.2) is 0 Å². The fraction of sp³-hybridized carbons (Fsp3) is 0.333. The van der Waals surface area contributed by atoms with E-state index >= 15 is 0 Å². The second-order valence-corrected chi connectivity index (χ2v) is 7.54. The summed E-state index contributed by atoms with van der Waals surface area (Å²) in [5, 5.41) is 3.40. The minimum Gasteiger partial charge on any atom is -0.343 e. The van der Waals surface area contributed by atoms with Crippen LogP contribution in [-0.2, 0) is 0 Å². The monoisotopic (exact) mass is 338 g/mol. The highest BCUT2D eigenvalue weighted by Gasteiger charge is 2.24. The van der Waals surface area contributed by atoms with Gasteiger partial charge in [-0.05, 0) is 41.3 Å². The molecule has 0 bridgehead atoms. The molecule has 0 atom stereocenters. The first kappa shape index (κ1) is 18.4. The van der Waals surface area contributed by atoms with Gasteiger partial charge in [0.2, 0.25) is 0 Å². The van der Waals surface area contributed by atoms with Gasteiger partial charge in [0.25, 0.3) is 0 Å². The molecule has 1 N–H and O–H groups in total. The van der Waals surface area contributed by atoms with Crippen LogP contribution in [0.4, 0.5) is 0 Å². The zero-order valence-electron chi connectivity index (χ0n) is 15.1. The lowest BCUT2D eigenvalue weighted by atomic mass is 9.88. The van der Waals surface area contributed by atoms with Crippen molar-refractivity contribution in [2.45, 2.75) is 40.5 Å². The van der Waals surface area contributed by atoms with E-state index in [1.807, 2.05) is 24.0 Å². The lowest BCUT2D eigenvalue weighted by molar-refractivity contribution is 0.407. The summed E-state index contributed by atoms with van der Waals surface area (Å²) in [7, 11) is 3.54. The minimum absolute atomic E-state index is 0.195. The average Bonchev–Trinajstić information content (AvgIpc) is 2.90. The molecule has 0 fully saturated rings. The number of amidine groups is 1. The molecular weight excluding hydrogens is 311 g/mol. The molecule has 0 saturated carbocycles. The summed E-state index contributed by atoms with van der Waals surface area (Å²) >= 11 is 0. The normalized spacial score (nSPS) is 15.3. The van der Waals surface area contributed by atoms with Crippen molar-refractivity contribution in [1.29, 1.82) is 0 Å². The Bertz CT molecular complexity index is 716. The van der Waals surface area contributed by atoms with Crippen LogP contribution in [-0.4, -0.2) is 11.6 Å². The highest BCUT2D eigenvalue weighted by molar-refractivity contribution is 7.19. The van der Waals surface area contributed by atoms with Gasteiger partial charge in [-0.3, -0.25) is 0 Å². The number of benzene rings is 1. The van der Waals surface area contributed by atoms with Crippen LogP contribution in [0.2, 0.25) is 0 Å². The maximum Gasteiger partial charge on any atom is 0.111 e. The smallest absolute Gasteiger partial charge is 0.111 e. The van der Waals surface area contributed by atoms with Gasteiger partial charge in [0.05, 0.1) is 0 Å². The molecule has 0 amide bonds. The lowest BCUT2D eigenvalue weighted by Gasteiger charge is -2.18. The third-order valence-electron chi connectivity index (χ3n) is 3.89. The summed E-state index contributed by atoms with van der Waals surface area (Å²) in [6, 6.07) is 10.2. The van der Waals surface area contributed by atoms with Gasteiger partial charge in [-0.2, -0.15) is 0 Å². The van der Waals surface area contributed by atoms with Crippen LogP contribution in [0.3, 0.4) is 0 Å². The second kappa shape index (κ2) is 7.77. The maximum atomic E-state index is 4.88. The van der Waals surface area contributed by atoms with E-state index in [2.05, 4.69) is 66.7 Å². The largest absolute Gasteiger partial charge is 0.343 e. The molecule has 0 aromatic heterocycles. The van der Waals surface area contributed by atoms with Crippen LogP contribution in [0.15, 0.2) is 64.8 Å². The lowest BCUT2D eigenvalue weighted by Crippen LogP contribution is -2.20. The summed E-state index contributed by atoms with van der Waals surface area (Å²) < 4.78 is 0. The molecule has 24 heavy (non-hydrogen) atoms. The van der Waals surface area contributed by atoms with E-state index in [1.54, 1.807) is 0 Å². The Kier molecular flexibility index (Phi) is 5.96. The van der Waals surface area contributed by atoms with E-state index < -0.39 is 0 Å². The second-order valence-electron chi connectivity index (χ2n) is 7.26. The van der Waals surface area contributed by atoms with Crippen LogP contribution in [0, 0.1) is 5.41 Å². The van der Waals surface area contributed by atoms with Crippen molar-refractivity contribution >= 4 is 26.2 Å². The molecule has 2 nitrogen and oxygen atoms in total. The number of nitrogens with zero attached hydrogens (tertiary/aromatic N) is 1. The number of nitrogens with one attached hydrogen (secondary N) is 1. The highest BCUT2D eigenvalue weighted by atomic mass is 31.0. The van der Waals surface area contributed by atoms with Gasteiger partial charge < -0.3 is 5.32 Å². The average molecular weight is 338 g/mol. The molecule has 0 radical (unpaired) electrons. The predicted octanol–water partition coefficient (Wildman–Crippen LogP) is 5.63. The van der Waals surface area contributed by atoms with E-state index in [0.717, 1.165) is 35.6 Å². The Morgan fingerprint density at radius 2 is 1.96 bits per heavy atom. The fourth-order valence-corrected chi connectivity index (χ4v) is 3.10. The molecule has 1 heterocycles. The van der Waals surface area contributed by atoms with Crippen molar-refractivity contribution < 1.29 is 0 Å². The number of aliphatic imine (C=N–C) groups is 1. The molecule has 1 aromatic rings. The van der Waals surface area contributed by atoms with Crippen LogP contribution >= 0.6 is 8.86 Å². The Labute approximate surface area is 148 Å². The summed E-state index contributed by atoms with van der Waals surface area (Å²) in [5.41, 5.74) is 5.80. The molecule has 2 rings (SSSR count). The van der Waals surface area contributed by atoms with Gasteiger partial charge in [-0.15, -0.1) is 8.86 Å². The zero-order valence-corrected chi connectivity index (χ0v) is 16.1. The van der Waals surface area contributed by atoms with Gasteiger partial charge in [0.1, 0.15) is 5.84 Å². The van der Waals surface area contributed by atoms with Crippen LogP contribution in [0.1, 0.15) is 46.1 Å². The van der Waals surface area contributed by atoms with E-state index in [9.17, 15) is 0 Å². The predicted molar refractivity (Wildman–Crippen MR) is 110 cm³/mol. The molecule has 0 saturated heterocycles. The Hall–Kier alpha value is -1.92. The SMILES string of the molecule is C=C(NC1=NC(CC(C)(C)C)=C(/C(C=P)=C\C)C1)c1ccccc1. The number of hydrogen-bond acceptors (Lipinski definition) is 2. The van der Waals surface area contributed by atoms with E-state index in [-0.39, 0.29) is 5.41 Å². The third-order valence-corrected chi connectivity index (χ3v) is 4.20. The van der Waals surface area contributed by atoms with E-state index in [1.165, 1.54) is 11.1 Å². The van der Waals surface area contributed by atoms with Crippen LogP contribution in [0.5, 0.6) is 0 Å². The first-order valence-electron chi connectivity index (χ1n) is 8.32. The van der Waals surface area contributed by atoms with Crippen LogP contribution in [0.25, 0.3) is 5.70 Å². The first-order valence-corrected chi connectivity index (χ1v) is 8.90. The van der Waals surface area contributed by atoms with Crippen molar-refractivity contribution in [1.82, 2.24) is 5.32 Å².